The molecule has 1 N–H and O–H groups in total. The summed E-state index contributed by atoms with van der Waals surface area (Å²) in [5, 5.41) is 11.2. The van der Waals surface area contributed by atoms with Crippen LogP contribution in [0.3, 0.4) is 0 Å². The Morgan fingerprint density at radius 1 is 1.00 bits per heavy atom. The number of benzene rings is 1. The van der Waals surface area contributed by atoms with Crippen LogP contribution in [0.1, 0.15) is 17.6 Å². The summed E-state index contributed by atoms with van der Waals surface area (Å²) in [6.45, 7) is 0. The van der Waals surface area contributed by atoms with Crippen LogP contribution < -0.4 is 0 Å². The fourth-order valence-electron chi connectivity index (χ4n) is 1.75. The average molecular weight is 249 g/mol. The van der Waals surface area contributed by atoms with Gasteiger partial charge in [0.2, 0.25) is 0 Å². The Bertz CT molecular complexity index is 620. The normalized spacial score (nSPS) is 13.1. The van der Waals surface area contributed by atoms with Crippen LogP contribution in [0.25, 0.3) is 11.0 Å². The van der Waals surface area contributed by atoms with Gasteiger partial charge in [0.1, 0.15) is 17.1 Å². The first-order valence-electron chi connectivity index (χ1n) is 5.16. The molecule has 3 nitrogen and oxygen atoms in total. The van der Waals surface area contributed by atoms with Crippen molar-refractivity contribution >= 4 is 22.6 Å². The molecule has 86 valence electrons. The largest absolute Gasteiger partial charge is 0.458 e. The summed E-state index contributed by atoms with van der Waals surface area (Å²) in [5.74, 6) is 0.811. The SMILES string of the molecule is OC(c1ccc(Cl)o1)c1cc2ccccc2o1. The van der Waals surface area contributed by atoms with Gasteiger partial charge in [-0.15, -0.1) is 0 Å². The summed E-state index contributed by atoms with van der Waals surface area (Å²) in [5.41, 5.74) is 0.735. The Hall–Kier alpha value is -1.71. The molecule has 0 aliphatic rings. The highest BCUT2D eigenvalue weighted by atomic mass is 35.5. The highest BCUT2D eigenvalue weighted by molar-refractivity contribution is 6.28. The summed E-state index contributed by atoms with van der Waals surface area (Å²) in [4.78, 5) is 0. The second-order valence-corrected chi connectivity index (χ2v) is 4.10. The molecule has 3 rings (SSSR count). The molecule has 4 heteroatoms. The molecule has 17 heavy (non-hydrogen) atoms. The lowest BCUT2D eigenvalue weighted by atomic mass is 10.2. The van der Waals surface area contributed by atoms with Crippen molar-refractivity contribution in [2.24, 2.45) is 0 Å². The van der Waals surface area contributed by atoms with Gasteiger partial charge >= 0.3 is 0 Å². The van der Waals surface area contributed by atoms with E-state index in [2.05, 4.69) is 0 Å². The van der Waals surface area contributed by atoms with E-state index in [-0.39, 0.29) is 5.22 Å². The quantitative estimate of drug-likeness (QED) is 0.751. The van der Waals surface area contributed by atoms with E-state index in [1.807, 2.05) is 24.3 Å². The van der Waals surface area contributed by atoms with E-state index in [0.717, 1.165) is 11.0 Å². The Morgan fingerprint density at radius 3 is 2.53 bits per heavy atom. The first-order valence-corrected chi connectivity index (χ1v) is 5.53. The summed E-state index contributed by atoms with van der Waals surface area (Å²) in [6.07, 6.45) is -0.935. The van der Waals surface area contributed by atoms with E-state index in [9.17, 15) is 5.11 Å². The van der Waals surface area contributed by atoms with Crippen LogP contribution in [-0.4, -0.2) is 5.11 Å². The molecular formula is C13H9ClO3. The van der Waals surface area contributed by atoms with Crippen molar-refractivity contribution in [1.29, 1.82) is 0 Å². The van der Waals surface area contributed by atoms with Crippen LogP contribution in [0.4, 0.5) is 0 Å². The molecule has 1 atom stereocenters. The minimum absolute atomic E-state index is 0.246. The molecule has 0 saturated carbocycles. The summed E-state index contributed by atoms with van der Waals surface area (Å²) in [7, 11) is 0. The topological polar surface area (TPSA) is 46.5 Å². The zero-order valence-corrected chi connectivity index (χ0v) is 9.52. The Balaban J connectivity index is 2.03. The van der Waals surface area contributed by atoms with Gasteiger partial charge in [-0.3, -0.25) is 0 Å². The van der Waals surface area contributed by atoms with Crippen molar-refractivity contribution in [3.05, 3.63) is 59.2 Å². The molecule has 0 spiro atoms. The average Bonchev–Trinajstić information content (AvgIpc) is 2.93. The van der Waals surface area contributed by atoms with Crippen molar-refractivity contribution in [2.45, 2.75) is 6.10 Å². The maximum atomic E-state index is 10.1. The first kappa shape index (κ1) is 10.4. The van der Waals surface area contributed by atoms with E-state index < -0.39 is 6.10 Å². The molecule has 0 radical (unpaired) electrons. The molecule has 0 saturated heterocycles. The number of rotatable bonds is 2. The van der Waals surface area contributed by atoms with Crippen LogP contribution in [0.2, 0.25) is 5.22 Å². The van der Waals surface area contributed by atoms with Crippen molar-refractivity contribution in [3.63, 3.8) is 0 Å². The van der Waals surface area contributed by atoms with Crippen molar-refractivity contribution in [1.82, 2.24) is 0 Å². The smallest absolute Gasteiger partial charge is 0.193 e. The minimum Gasteiger partial charge on any atom is -0.458 e. The van der Waals surface area contributed by atoms with Crippen LogP contribution in [0.15, 0.2) is 51.3 Å². The molecule has 0 fully saturated rings. The van der Waals surface area contributed by atoms with Gasteiger partial charge in [-0.25, -0.2) is 0 Å². The van der Waals surface area contributed by atoms with E-state index in [0.29, 0.717) is 11.5 Å². The van der Waals surface area contributed by atoms with Crippen LogP contribution in [0, 0.1) is 0 Å². The molecule has 1 aromatic carbocycles. The van der Waals surface area contributed by atoms with Gasteiger partial charge in [0.05, 0.1) is 0 Å². The maximum Gasteiger partial charge on any atom is 0.193 e. The number of hydrogen-bond donors (Lipinski definition) is 1. The van der Waals surface area contributed by atoms with Gasteiger partial charge in [-0.1, -0.05) is 18.2 Å². The van der Waals surface area contributed by atoms with Gasteiger partial charge in [0.15, 0.2) is 11.3 Å². The van der Waals surface area contributed by atoms with Gasteiger partial charge in [0, 0.05) is 5.39 Å². The molecule has 0 aliphatic carbocycles. The lowest BCUT2D eigenvalue weighted by molar-refractivity contribution is 0.165. The summed E-state index contributed by atoms with van der Waals surface area (Å²) in [6, 6.07) is 12.6. The number of fused-ring (bicyclic) bond motifs is 1. The monoisotopic (exact) mass is 248 g/mol. The van der Waals surface area contributed by atoms with E-state index in [1.165, 1.54) is 0 Å². The molecule has 0 amide bonds. The molecule has 2 heterocycles. The van der Waals surface area contributed by atoms with Crippen molar-refractivity contribution in [2.75, 3.05) is 0 Å². The molecule has 0 aliphatic heterocycles. The predicted molar refractivity (Wildman–Crippen MR) is 64.0 cm³/mol. The van der Waals surface area contributed by atoms with Crippen molar-refractivity contribution in [3.8, 4) is 0 Å². The lowest BCUT2D eigenvalue weighted by Gasteiger charge is -2.02. The zero-order valence-electron chi connectivity index (χ0n) is 8.76. The number of furan rings is 2. The number of hydrogen-bond acceptors (Lipinski definition) is 3. The fourth-order valence-corrected chi connectivity index (χ4v) is 1.90. The highest BCUT2D eigenvalue weighted by Crippen LogP contribution is 2.29. The third kappa shape index (κ3) is 1.84. The van der Waals surface area contributed by atoms with Crippen molar-refractivity contribution < 1.29 is 13.9 Å². The maximum absolute atomic E-state index is 10.1. The lowest BCUT2D eigenvalue weighted by Crippen LogP contribution is -1.95. The number of aliphatic hydroxyl groups excluding tert-OH is 1. The molecule has 1 unspecified atom stereocenters. The number of aliphatic hydroxyl groups is 1. The fraction of sp³-hybridized carbons (Fsp3) is 0.0769. The van der Waals surface area contributed by atoms with E-state index >= 15 is 0 Å². The van der Waals surface area contributed by atoms with Gasteiger partial charge in [0.25, 0.3) is 0 Å². The number of para-hydroxylation sites is 1. The summed E-state index contributed by atoms with van der Waals surface area (Å²) >= 11 is 5.66. The van der Waals surface area contributed by atoms with Gasteiger partial charge < -0.3 is 13.9 Å². The third-order valence-corrected chi connectivity index (χ3v) is 2.78. The second-order valence-electron chi connectivity index (χ2n) is 3.73. The second kappa shape index (κ2) is 3.95. The van der Waals surface area contributed by atoms with Gasteiger partial charge in [-0.05, 0) is 35.9 Å². The van der Waals surface area contributed by atoms with E-state index in [1.54, 1.807) is 18.2 Å². The Kier molecular flexibility index (Phi) is 2.42. The van der Waals surface area contributed by atoms with Gasteiger partial charge in [-0.2, -0.15) is 0 Å². The molecule has 0 bridgehead atoms. The first-order chi connectivity index (χ1) is 8.24. The molecular weight excluding hydrogens is 240 g/mol. The third-order valence-electron chi connectivity index (χ3n) is 2.58. The Labute approximate surface area is 102 Å². The highest BCUT2D eigenvalue weighted by Gasteiger charge is 2.18. The van der Waals surface area contributed by atoms with Crippen LogP contribution in [-0.2, 0) is 0 Å². The summed E-state index contributed by atoms with van der Waals surface area (Å²) < 4.78 is 10.7. The zero-order chi connectivity index (χ0) is 11.8. The standard InChI is InChI=1S/C13H9ClO3/c14-12-6-5-10(17-12)13(15)11-7-8-3-1-2-4-9(8)16-11/h1-7,13,15H. The Morgan fingerprint density at radius 2 is 1.82 bits per heavy atom. The predicted octanol–water partition coefficient (Wildman–Crippen LogP) is 3.76. The number of halogens is 1. The van der Waals surface area contributed by atoms with Crippen LogP contribution in [0.5, 0.6) is 0 Å². The van der Waals surface area contributed by atoms with Crippen LogP contribution >= 0.6 is 11.6 Å². The minimum atomic E-state index is -0.935. The molecule has 2 aromatic heterocycles. The molecule has 3 aromatic rings. The van der Waals surface area contributed by atoms with E-state index in [4.69, 9.17) is 20.4 Å².